The fourth-order valence-electron chi connectivity index (χ4n) is 2.04. The van der Waals surface area contributed by atoms with E-state index in [4.69, 9.17) is 0 Å². The quantitative estimate of drug-likeness (QED) is 0.552. The van der Waals surface area contributed by atoms with E-state index in [2.05, 4.69) is 18.1 Å². The van der Waals surface area contributed by atoms with Gasteiger partial charge in [-0.1, -0.05) is 19.2 Å². The van der Waals surface area contributed by atoms with E-state index >= 15 is 0 Å². The van der Waals surface area contributed by atoms with Gasteiger partial charge in [0, 0.05) is 0 Å². The molecule has 0 aromatic heterocycles. The smallest absolute Gasteiger partial charge is 0.306 e. The minimum atomic E-state index is -4.72. The van der Waals surface area contributed by atoms with E-state index in [1.807, 2.05) is 7.05 Å². The maximum atomic E-state index is 13.8. The van der Waals surface area contributed by atoms with Gasteiger partial charge in [-0.25, -0.2) is 4.39 Å². The van der Waals surface area contributed by atoms with Crippen LogP contribution in [-0.2, 0) is 0 Å². The monoisotopic (exact) mass is 263 g/mol. The number of halogens is 4. The summed E-state index contributed by atoms with van der Waals surface area (Å²) in [7, 11) is 1.93. The molecule has 0 amide bonds. The van der Waals surface area contributed by atoms with E-state index in [1.165, 1.54) is 0 Å². The SMILES string of the molecule is C=C/C(=C(/F)C(=C)C1CCN(C)CC1)C(F)(F)F. The lowest BCUT2D eigenvalue weighted by Crippen LogP contribution is -2.31. The highest BCUT2D eigenvalue weighted by molar-refractivity contribution is 5.37. The van der Waals surface area contributed by atoms with Gasteiger partial charge in [0.25, 0.3) is 0 Å². The largest absolute Gasteiger partial charge is 0.419 e. The zero-order valence-corrected chi connectivity index (χ0v) is 10.4. The van der Waals surface area contributed by atoms with Crippen molar-refractivity contribution in [1.82, 2.24) is 4.90 Å². The van der Waals surface area contributed by atoms with Gasteiger partial charge in [0.15, 0.2) is 0 Å². The van der Waals surface area contributed by atoms with Crippen LogP contribution in [0.2, 0.25) is 0 Å². The molecule has 1 nitrogen and oxygen atoms in total. The van der Waals surface area contributed by atoms with Crippen molar-refractivity contribution in [3.63, 3.8) is 0 Å². The first kappa shape index (κ1) is 15.0. The molecule has 0 bridgehead atoms. The Morgan fingerprint density at radius 2 is 1.78 bits per heavy atom. The lowest BCUT2D eigenvalue weighted by Gasteiger charge is -2.30. The highest BCUT2D eigenvalue weighted by Crippen LogP contribution is 2.36. The van der Waals surface area contributed by atoms with E-state index in [9.17, 15) is 17.6 Å². The van der Waals surface area contributed by atoms with Gasteiger partial charge in [0.2, 0.25) is 0 Å². The summed E-state index contributed by atoms with van der Waals surface area (Å²) in [5.74, 6) is -1.49. The van der Waals surface area contributed by atoms with Crippen LogP contribution in [-0.4, -0.2) is 31.2 Å². The van der Waals surface area contributed by atoms with Crippen molar-refractivity contribution >= 4 is 0 Å². The number of nitrogens with zero attached hydrogens (tertiary/aromatic N) is 1. The molecular weight excluding hydrogens is 246 g/mol. The standard InChI is InChI=1S/C13H17F4N/c1-4-11(13(15,16)17)12(14)9(2)10-5-7-18(3)8-6-10/h4,10H,1-2,5-8H2,3H3/b12-11-. The van der Waals surface area contributed by atoms with Gasteiger partial charge in [-0.15, -0.1) is 0 Å². The molecular formula is C13H17F4N. The van der Waals surface area contributed by atoms with Crippen LogP contribution in [0.3, 0.4) is 0 Å². The van der Waals surface area contributed by atoms with Crippen LogP contribution < -0.4 is 0 Å². The van der Waals surface area contributed by atoms with Crippen molar-refractivity contribution in [2.24, 2.45) is 5.92 Å². The maximum Gasteiger partial charge on any atom is 0.419 e. The molecule has 0 radical (unpaired) electrons. The second-order valence-corrected chi connectivity index (χ2v) is 4.53. The molecule has 102 valence electrons. The Kier molecular flexibility index (Phi) is 4.73. The molecule has 1 heterocycles. The molecule has 0 N–H and O–H groups in total. The molecule has 0 aromatic rings. The first-order valence-corrected chi connectivity index (χ1v) is 5.74. The van der Waals surface area contributed by atoms with Gasteiger partial charge in [-0.3, -0.25) is 0 Å². The minimum absolute atomic E-state index is 0.0599. The van der Waals surface area contributed by atoms with E-state index in [0.29, 0.717) is 18.9 Å². The number of rotatable bonds is 3. The Morgan fingerprint density at radius 1 is 1.28 bits per heavy atom. The van der Waals surface area contributed by atoms with Crippen molar-refractivity contribution in [3.8, 4) is 0 Å². The second-order valence-electron chi connectivity index (χ2n) is 4.53. The Balaban J connectivity index is 2.88. The van der Waals surface area contributed by atoms with Gasteiger partial charge >= 0.3 is 6.18 Å². The molecule has 0 atom stereocenters. The Bertz CT molecular complexity index is 360. The summed E-state index contributed by atoms with van der Waals surface area (Å²) in [5, 5.41) is 0. The maximum absolute atomic E-state index is 13.8. The summed E-state index contributed by atoms with van der Waals surface area (Å²) in [6.07, 6.45) is -2.95. The first-order chi connectivity index (χ1) is 8.27. The summed E-state index contributed by atoms with van der Waals surface area (Å²) in [4.78, 5) is 2.06. The predicted octanol–water partition coefficient (Wildman–Crippen LogP) is 3.86. The van der Waals surface area contributed by atoms with Crippen molar-refractivity contribution in [2.45, 2.75) is 19.0 Å². The molecule has 1 fully saturated rings. The topological polar surface area (TPSA) is 3.24 Å². The third-order valence-corrected chi connectivity index (χ3v) is 3.24. The third-order valence-electron chi connectivity index (χ3n) is 3.24. The highest BCUT2D eigenvalue weighted by atomic mass is 19.4. The van der Waals surface area contributed by atoms with Crippen LogP contribution in [0.25, 0.3) is 0 Å². The second kappa shape index (κ2) is 5.69. The average molecular weight is 263 g/mol. The van der Waals surface area contributed by atoms with Gasteiger partial charge < -0.3 is 4.90 Å². The number of likely N-dealkylation sites (tertiary alicyclic amines) is 1. The molecule has 1 aliphatic rings. The van der Waals surface area contributed by atoms with Gasteiger partial charge in [0.1, 0.15) is 5.83 Å². The number of allylic oxidation sites excluding steroid dienone is 4. The van der Waals surface area contributed by atoms with Crippen LogP contribution in [0.1, 0.15) is 12.8 Å². The molecule has 0 saturated carbocycles. The first-order valence-electron chi connectivity index (χ1n) is 5.74. The lowest BCUT2D eigenvalue weighted by atomic mass is 9.88. The van der Waals surface area contributed by atoms with Crippen molar-refractivity contribution in [1.29, 1.82) is 0 Å². The zero-order chi connectivity index (χ0) is 13.9. The normalized spacial score (nSPS) is 20.5. The Hall–Kier alpha value is -1.10. The van der Waals surface area contributed by atoms with Crippen molar-refractivity contribution in [2.75, 3.05) is 20.1 Å². The van der Waals surface area contributed by atoms with E-state index in [1.54, 1.807) is 0 Å². The number of piperidine rings is 1. The Labute approximate surface area is 104 Å². The van der Waals surface area contributed by atoms with Crippen molar-refractivity contribution in [3.05, 3.63) is 36.2 Å². The van der Waals surface area contributed by atoms with E-state index in [0.717, 1.165) is 13.1 Å². The van der Waals surface area contributed by atoms with Crippen LogP contribution >= 0.6 is 0 Å². The third kappa shape index (κ3) is 3.45. The van der Waals surface area contributed by atoms with Crippen LogP contribution in [0.15, 0.2) is 36.2 Å². The number of hydrogen-bond acceptors (Lipinski definition) is 1. The summed E-state index contributed by atoms with van der Waals surface area (Å²) in [5.41, 5.74) is -1.39. The number of alkyl halides is 3. The molecule has 18 heavy (non-hydrogen) atoms. The van der Waals surface area contributed by atoms with Crippen LogP contribution in [0.4, 0.5) is 17.6 Å². The molecule has 1 aliphatic heterocycles. The van der Waals surface area contributed by atoms with Crippen LogP contribution in [0, 0.1) is 5.92 Å². The highest BCUT2D eigenvalue weighted by Gasteiger charge is 2.36. The minimum Gasteiger partial charge on any atom is -0.306 e. The number of hydrogen-bond donors (Lipinski definition) is 0. The summed E-state index contributed by atoms with van der Waals surface area (Å²) < 4.78 is 51.4. The molecule has 5 heteroatoms. The summed E-state index contributed by atoms with van der Waals surface area (Å²) in [6.45, 7) is 7.99. The Morgan fingerprint density at radius 3 is 2.17 bits per heavy atom. The predicted molar refractivity (Wildman–Crippen MR) is 63.7 cm³/mol. The molecule has 1 rings (SSSR count). The fourth-order valence-corrected chi connectivity index (χ4v) is 2.04. The molecule has 1 saturated heterocycles. The fraction of sp³-hybridized carbons (Fsp3) is 0.538. The summed E-state index contributed by atoms with van der Waals surface area (Å²) >= 11 is 0. The van der Waals surface area contributed by atoms with Gasteiger partial charge in [0.05, 0.1) is 5.57 Å². The van der Waals surface area contributed by atoms with Crippen molar-refractivity contribution < 1.29 is 17.6 Å². The lowest BCUT2D eigenvalue weighted by molar-refractivity contribution is -0.0898. The van der Waals surface area contributed by atoms with E-state index in [-0.39, 0.29) is 11.5 Å². The zero-order valence-electron chi connectivity index (χ0n) is 10.4. The van der Waals surface area contributed by atoms with E-state index < -0.39 is 17.6 Å². The molecule has 0 aliphatic carbocycles. The average Bonchev–Trinajstić information content (AvgIpc) is 2.28. The van der Waals surface area contributed by atoms with Crippen LogP contribution in [0.5, 0.6) is 0 Å². The molecule has 0 unspecified atom stereocenters. The van der Waals surface area contributed by atoms with Gasteiger partial charge in [-0.05, 0) is 44.5 Å². The van der Waals surface area contributed by atoms with Gasteiger partial charge in [-0.2, -0.15) is 13.2 Å². The molecule has 0 spiro atoms. The molecule has 0 aromatic carbocycles. The summed E-state index contributed by atoms with van der Waals surface area (Å²) in [6, 6.07) is 0.